The Kier molecular flexibility index (Phi) is 7.39. The van der Waals surface area contributed by atoms with Crippen LogP contribution in [0, 0.1) is 0 Å². The van der Waals surface area contributed by atoms with Crippen LogP contribution in [0.25, 0.3) is 22.2 Å². The fraction of sp³-hybridized carbons (Fsp3) is 0.194. The molecule has 1 aliphatic rings. The Hall–Kier alpha value is -4.73. The number of benzene rings is 3. The molecule has 3 aromatic carbocycles. The van der Waals surface area contributed by atoms with Gasteiger partial charge in [-0.3, -0.25) is 4.79 Å². The number of nitrogens with one attached hydrogen (secondary N) is 3. The first-order chi connectivity index (χ1) is 19.6. The number of H-pyrrole nitrogens is 1. The Morgan fingerprint density at radius 1 is 0.975 bits per heavy atom. The van der Waals surface area contributed by atoms with Gasteiger partial charge >= 0.3 is 0 Å². The van der Waals surface area contributed by atoms with Gasteiger partial charge in [-0.25, -0.2) is 9.97 Å². The maximum Gasteiger partial charge on any atom is 0.241 e. The third kappa shape index (κ3) is 5.80. The fourth-order valence-corrected chi connectivity index (χ4v) is 4.88. The van der Waals surface area contributed by atoms with Crippen LogP contribution >= 0.6 is 0 Å². The molecular formula is C31H31N7O2. The lowest BCUT2D eigenvalue weighted by Gasteiger charge is -2.28. The summed E-state index contributed by atoms with van der Waals surface area (Å²) in [5.41, 5.74) is 12.7. The summed E-state index contributed by atoms with van der Waals surface area (Å²) in [4.78, 5) is 27.4. The summed E-state index contributed by atoms with van der Waals surface area (Å²) in [6, 6.07) is 25.0. The van der Waals surface area contributed by atoms with Crippen LogP contribution in [0.1, 0.15) is 5.56 Å². The van der Waals surface area contributed by atoms with E-state index in [2.05, 4.69) is 42.6 Å². The van der Waals surface area contributed by atoms with Gasteiger partial charge in [0.1, 0.15) is 0 Å². The van der Waals surface area contributed by atoms with Gasteiger partial charge in [-0.15, -0.1) is 0 Å². The zero-order valence-corrected chi connectivity index (χ0v) is 22.0. The van der Waals surface area contributed by atoms with E-state index in [9.17, 15) is 4.79 Å². The van der Waals surface area contributed by atoms with Crippen LogP contribution in [-0.2, 0) is 16.0 Å². The van der Waals surface area contributed by atoms with Gasteiger partial charge in [0, 0.05) is 59.0 Å². The number of ether oxygens (including phenoxy) is 1. The average Bonchev–Trinajstić information content (AvgIpc) is 3.41. The number of aromatic nitrogens is 3. The number of fused-ring (bicyclic) bond motifs is 1. The highest BCUT2D eigenvalue weighted by Gasteiger charge is 2.17. The van der Waals surface area contributed by atoms with E-state index in [1.165, 1.54) is 5.69 Å². The van der Waals surface area contributed by atoms with Crippen molar-refractivity contribution in [1.82, 2.24) is 15.0 Å². The Labute approximate surface area is 232 Å². The molecule has 0 bridgehead atoms. The van der Waals surface area contributed by atoms with Crippen LogP contribution in [0.3, 0.4) is 0 Å². The van der Waals surface area contributed by atoms with Crippen molar-refractivity contribution < 1.29 is 9.53 Å². The number of nitrogens with zero attached hydrogens (tertiary/aromatic N) is 3. The van der Waals surface area contributed by atoms with Crippen molar-refractivity contribution in [2.24, 2.45) is 5.73 Å². The van der Waals surface area contributed by atoms with E-state index in [0.29, 0.717) is 18.1 Å². The van der Waals surface area contributed by atoms with Crippen LogP contribution in [0.15, 0.2) is 91.3 Å². The second-order valence-corrected chi connectivity index (χ2v) is 9.77. The number of morpholine rings is 1. The molecule has 3 heterocycles. The minimum atomic E-state index is -0.669. The lowest BCUT2D eigenvalue weighted by molar-refractivity contribution is -0.117. The predicted molar refractivity (Wildman–Crippen MR) is 159 cm³/mol. The molecule has 1 atom stereocenters. The lowest BCUT2D eigenvalue weighted by Crippen LogP contribution is -2.37. The number of para-hydroxylation sites is 1. The molecule has 0 radical (unpaired) electrons. The molecule has 2 aromatic heterocycles. The molecule has 40 heavy (non-hydrogen) atoms. The van der Waals surface area contributed by atoms with Crippen molar-refractivity contribution in [3.05, 3.63) is 96.8 Å². The Morgan fingerprint density at radius 2 is 1.73 bits per heavy atom. The highest BCUT2D eigenvalue weighted by atomic mass is 16.5. The molecule has 0 saturated carbocycles. The minimum Gasteiger partial charge on any atom is -0.378 e. The largest absolute Gasteiger partial charge is 0.378 e. The molecule has 1 fully saturated rings. The normalized spacial score (nSPS) is 14.2. The molecule has 1 amide bonds. The molecule has 6 rings (SSSR count). The molecule has 0 aliphatic carbocycles. The van der Waals surface area contributed by atoms with Crippen molar-refractivity contribution in [2.75, 3.05) is 41.8 Å². The van der Waals surface area contributed by atoms with Gasteiger partial charge in [0.25, 0.3) is 0 Å². The quantitative estimate of drug-likeness (QED) is 0.228. The smallest absolute Gasteiger partial charge is 0.241 e. The van der Waals surface area contributed by atoms with Gasteiger partial charge in [0.15, 0.2) is 0 Å². The Morgan fingerprint density at radius 3 is 2.52 bits per heavy atom. The van der Waals surface area contributed by atoms with Gasteiger partial charge in [0.05, 0.1) is 24.9 Å². The van der Waals surface area contributed by atoms with Crippen molar-refractivity contribution in [3.8, 4) is 11.3 Å². The highest BCUT2D eigenvalue weighted by Crippen LogP contribution is 2.24. The first kappa shape index (κ1) is 25.5. The summed E-state index contributed by atoms with van der Waals surface area (Å²) in [7, 11) is 0. The standard InChI is InChI=1S/C31H31N7O2/c32-27(19-22-20-34-29-4-2-1-3-26(22)29)30(39)35-23-7-5-21(6-8-23)28-13-14-33-31(37-28)36-24-9-11-25(12-10-24)38-15-17-40-18-16-38/h1-14,20,27,34H,15-19,32H2,(H,35,39)(H,33,36,37). The number of amides is 1. The maximum atomic E-state index is 12.8. The summed E-state index contributed by atoms with van der Waals surface area (Å²) in [6.07, 6.45) is 4.09. The van der Waals surface area contributed by atoms with E-state index in [0.717, 1.165) is 59.7 Å². The van der Waals surface area contributed by atoms with E-state index >= 15 is 0 Å². The van der Waals surface area contributed by atoms with E-state index < -0.39 is 6.04 Å². The van der Waals surface area contributed by atoms with Crippen molar-refractivity contribution >= 4 is 39.8 Å². The molecule has 1 saturated heterocycles. The number of aromatic amines is 1. The first-order valence-corrected chi connectivity index (χ1v) is 13.4. The Bertz CT molecular complexity index is 1590. The predicted octanol–water partition coefficient (Wildman–Crippen LogP) is 4.71. The monoisotopic (exact) mass is 533 g/mol. The van der Waals surface area contributed by atoms with Crippen LogP contribution in [0.2, 0.25) is 0 Å². The Balaban J connectivity index is 1.07. The van der Waals surface area contributed by atoms with E-state index in [4.69, 9.17) is 10.5 Å². The zero-order valence-electron chi connectivity index (χ0n) is 22.0. The van der Waals surface area contributed by atoms with Gasteiger partial charge in [-0.1, -0.05) is 30.3 Å². The summed E-state index contributed by atoms with van der Waals surface area (Å²) in [6.45, 7) is 3.32. The summed E-state index contributed by atoms with van der Waals surface area (Å²) in [5, 5.41) is 7.29. The topological polar surface area (TPSA) is 121 Å². The highest BCUT2D eigenvalue weighted by molar-refractivity contribution is 5.95. The summed E-state index contributed by atoms with van der Waals surface area (Å²) in [5.74, 6) is 0.281. The number of carbonyl (C=O) groups is 1. The number of nitrogens with two attached hydrogens (primary N) is 1. The molecule has 1 unspecified atom stereocenters. The lowest BCUT2D eigenvalue weighted by atomic mass is 10.0. The summed E-state index contributed by atoms with van der Waals surface area (Å²) < 4.78 is 5.44. The number of hydrogen-bond acceptors (Lipinski definition) is 7. The van der Waals surface area contributed by atoms with E-state index in [-0.39, 0.29) is 5.91 Å². The van der Waals surface area contributed by atoms with Crippen molar-refractivity contribution in [1.29, 1.82) is 0 Å². The number of rotatable bonds is 8. The van der Waals surface area contributed by atoms with Crippen LogP contribution < -0.4 is 21.3 Å². The van der Waals surface area contributed by atoms with Crippen LogP contribution in [0.4, 0.5) is 23.0 Å². The fourth-order valence-electron chi connectivity index (χ4n) is 4.88. The molecular weight excluding hydrogens is 502 g/mol. The van der Waals surface area contributed by atoms with Crippen molar-refractivity contribution in [3.63, 3.8) is 0 Å². The molecule has 5 N–H and O–H groups in total. The molecule has 9 nitrogen and oxygen atoms in total. The molecule has 9 heteroatoms. The van der Waals surface area contributed by atoms with E-state index in [1.807, 2.05) is 72.9 Å². The zero-order chi connectivity index (χ0) is 27.3. The maximum absolute atomic E-state index is 12.8. The third-order valence-corrected chi connectivity index (χ3v) is 7.05. The summed E-state index contributed by atoms with van der Waals surface area (Å²) >= 11 is 0. The number of hydrogen-bond donors (Lipinski definition) is 4. The van der Waals surface area contributed by atoms with Crippen LogP contribution in [0.5, 0.6) is 0 Å². The SMILES string of the molecule is NC(Cc1c[nH]c2ccccc12)C(=O)Nc1ccc(-c2ccnc(Nc3ccc(N4CCOCC4)cc3)n2)cc1. The van der Waals surface area contributed by atoms with Crippen LogP contribution in [-0.4, -0.2) is 53.2 Å². The van der Waals surface area contributed by atoms with Gasteiger partial charge in [0.2, 0.25) is 11.9 Å². The van der Waals surface area contributed by atoms with Gasteiger partial charge < -0.3 is 31.0 Å². The minimum absolute atomic E-state index is 0.230. The number of anilines is 4. The van der Waals surface area contributed by atoms with E-state index in [1.54, 1.807) is 6.20 Å². The third-order valence-electron chi connectivity index (χ3n) is 7.05. The second kappa shape index (κ2) is 11.6. The molecule has 5 aromatic rings. The van der Waals surface area contributed by atoms with Gasteiger partial charge in [-0.05, 0) is 60.5 Å². The second-order valence-electron chi connectivity index (χ2n) is 9.77. The molecule has 1 aliphatic heterocycles. The first-order valence-electron chi connectivity index (χ1n) is 13.4. The van der Waals surface area contributed by atoms with Gasteiger partial charge in [-0.2, -0.15) is 0 Å². The van der Waals surface area contributed by atoms with Crippen molar-refractivity contribution in [2.45, 2.75) is 12.5 Å². The molecule has 202 valence electrons. The number of carbonyl (C=O) groups excluding carboxylic acids is 1. The molecule has 0 spiro atoms. The average molecular weight is 534 g/mol.